The second-order valence-corrected chi connectivity index (χ2v) is 5.61. The molecule has 5 nitrogen and oxygen atoms in total. The molecule has 0 radical (unpaired) electrons. The summed E-state index contributed by atoms with van der Waals surface area (Å²) in [6.07, 6.45) is 4.05. The van der Waals surface area contributed by atoms with Crippen LogP contribution in [0.25, 0.3) is 22.2 Å². The number of nitrogens with zero attached hydrogens (tertiary/aromatic N) is 2. The summed E-state index contributed by atoms with van der Waals surface area (Å²) in [4.78, 5) is 4.42. The van der Waals surface area contributed by atoms with Gasteiger partial charge in [0.1, 0.15) is 11.5 Å². The number of ether oxygens (including phenoxy) is 1. The summed E-state index contributed by atoms with van der Waals surface area (Å²) in [6, 6.07) is 12.5. The van der Waals surface area contributed by atoms with E-state index in [9.17, 15) is 0 Å². The van der Waals surface area contributed by atoms with Gasteiger partial charge in [-0.2, -0.15) is 5.10 Å². The second-order valence-electron chi connectivity index (χ2n) is 5.61. The van der Waals surface area contributed by atoms with E-state index >= 15 is 0 Å². The molecule has 2 aromatic heterocycles. The average molecular weight is 294 g/mol. The maximum atomic E-state index is 5.51. The molecule has 5 heteroatoms. The first-order valence-corrected chi connectivity index (χ1v) is 7.64. The van der Waals surface area contributed by atoms with Gasteiger partial charge in [-0.05, 0) is 31.0 Å². The molecule has 0 saturated carbocycles. The van der Waals surface area contributed by atoms with Crippen LogP contribution in [-0.4, -0.2) is 34.4 Å². The molecule has 3 heterocycles. The van der Waals surface area contributed by atoms with Gasteiger partial charge in [0, 0.05) is 23.8 Å². The zero-order valence-corrected chi connectivity index (χ0v) is 12.2. The van der Waals surface area contributed by atoms with Gasteiger partial charge in [-0.1, -0.05) is 18.2 Å². The minimum absolute atomic E-state index is 0.340. The number of rotatable bonds is 3. The summed E-state index contributed by atoms with van der Waals surface area (Å²) in [6.45, 7) is 1.61. The molecule has 1 unspecified atom stereocenters. The molecule has 0 amide bonds. The number of anilines is 1. The van der Waals surface area contributed by atoms with Crippen molar-refractivity contribution in [3.63, 3.8) is 0 Å². The number of H-pyrrole nitrogens is 1. The van der Waals surface area contributed by atoms with Crippen molar-refractivity contribution in [3.05, 3.63) is 42.6 Å². The van der Waals surface area contributed by atoms with Gasteiger partial charge in [-0.3, -0.25) is 5.10 Å². The molecule has 1 aliphatic heterocycles. The number of benzene rings is 1. The van der Waals surface area contributed by atoms with Gasteiger partial charge in [0.15, 0.2) is 0 Å². The largest absolute Gasteiger partial charge is 0.379 e. The summed E-state index contributed by atoms with van der Waals surface area (Å²) < 4.78 is 5.51. The lowest BCUT2D eigenvalue weighted by molar-refractivity contribution is 0.0875. The molecule has 4 rings (SSSR count). The van der Waals surface area contributed by atoms with Crippen molar-refractivity contribution in [2.45, 2.75) is 18.9 Å². The summed E-state index contributed by atoms with van der Waals surface area (Å²) >= 11 is 0. The lowest BCUT2D eigenvalue weighted by Gasteiger charge is -2.23. The van der Waals surface area contributed by atoms with Crippen molar-refractivity contribution >= 4 is 16.7 Å². The van der Waals surface area contributed by atoms with E-state index < -0.39 is 0 Å². The number of fused-ring (bicyclic) bond motifs is 1. The maximum absolute atomic E-state index is 5.51. The van der Waals surface area contributed by atoms with Crippen molar-refractivity contribution in [3.8, 4) is 11.3 Å². The number of aromatic amines is 1. The second kappa shape index (κ2) is 5.77. The SMILES string of the molecule is c1ccc2c(-c3ccnc(NC4CCCOC4)c3)n[nH]c2c1. The Labute approximate surface area is 128 Å². The van der Waals surface area contributed by atoms with Crippen LogP contribution in [0, 0.1) is 0 Å². The first-order chi connectivity index (χ1) is 10.9. The number of hydrogen-bond donors (Lipinski definition) is 2. The molecular weight excluding hydrogens is 276 g/mol. The van der Waals surface area contributed by atoms with Gasteiger partial charge < -0.3 is 10.1 Å². The standard InChI is InChI=1S/C17H18N4O/c1-2-6-15-14(5-1)17(21-20-15)12-7-8-18-16(10-12)19-13-4-3-9-22-11-13/h1-2,5-8,10,13H,3-4,9,11H2,(H,18,19)(H,20,21). The van der Waals surface area contributed by atoms with Gasteiger partial charge in [0.2, 0.25) is 0 Å². The Bertz CT molecular complexity index is 777. The minimum Gasteiger partial charge on any atom is -0.379 e. The van der Waals surface area contributed by atoms with Crippen molar-refractivity contribution in [2.24, 2.45) is 0 Å². The van der Waals surface area contributed by atoms with E-state index in [0.29, 0.717) is 6.04 Å². The third-order valence-corrected chi connectivity index (χ3v) is 4.02. The van der Waals surface area contributed by atoms with Crippen LogP contribution < -0.4 is 5.32 Å². The monoisotopic (exact) mass is 294 g/mol. The molecule has 1 aromatic carbocycles. The Morgan fingerprint density at radius 2 is 2.18 bits per heavy atom. The first-order valence-electron chi connectivity index (χ1n) is 7.64. The third-order valence-electron chi connectivity index (χ3n) is 4.02. The zero-order chi connectivity index (χ0) is 14.8. The van der Waals surface area contributed by atoms with E-state index in [1.54, 1.807) is 0 Å². The predicted molar refractivity (Wildman–Crippen MR) is 86.8 cm³/mol. The van der Waals surface area contributed by atoms with Crippen LogP contribution in [-0.2, 0) is 4.74 Å². The molecule has 22 heavy (non-hydrogen) atoms. The van der Waals surface area contributed by atoms with E-state index in [4.69, 9.17) is 4.74 Å². The number of pyridine rings is 1. The third kappa shape index (κ3) is 2.55. The van der Waals surface area contributed by atoms with E-state index in [1.807, 2.05) is 30.5 Å². The fraction of sp³-hybridized carbons (Fsp3) is 0.294. The number of nitrogens with one attached hydrogen (secondary N) is 2. The van der Waals surface area contributed by atoms with Gasteiger partial charge in [0.25, 0.3) is 0 Å². The molecule has 1 fully saturated rings. The molecule has 0 aliphatic carbocycles. The van der Waals surface area contributed by atoms with Gasteiger partial charge in [-0.15, -0.1) is 0 Å². The van der Waals surface area contributed by atoms with E-state index in [-0.39, 0.29) is 0 Å². The predicted octanol–water partition coefficient (Wildman–Crippen LogP) is 3.22. The van der Waals surface area contributed by atoms with E-state index in [0.717, 1.165) is 54.0 Å². The highest BCUT2D eigenvalue weighted by atomic mass is 16.5. The molecule has 3 aromatic rings. The van der Waals surface area contributed by atoms with Crippen LogP contribution in [0.3, 0.4) is 0 Å². The van der Waals surface area contributed by atoms with E-state index in [1.165, 1.54) is 0 Å². The highest BCUT2D eigenvalue weighted by Gasteiger charge is 2.15. The van der Waals surface area contributed by atoms with Gasteiger partial charge in [0.05, 0.1) is 18.2 Å². The lowest BCUT2D eigenvalue weighted by Crippen LogP contribution is -2.30. The van der Waals surface area contributed by atoms with Crippen LogP contribution in [0.1, 0.15) is 12.8 Å². The van der Waals surface area contributed by atoms with Gasteiger partial charge >= 0.3 is 0 Å². The quantitative estimate of drug-likeness (QED) is 0.778. The summed E-state index contributed by atoms with van der Waals surface area (Å²) in [5.41, 5.74) is 3.07. The van der Waals surface area contributed by atoms with Crippen LogP contribution in [0.5, 0.6) is 0 Å². The van der Waals surface area contributed by atoms with Gasteiger partial charge in [-0.25, -0.2) is 4.98 Å². The highest BCUT2D eigenvalue weighted by molar-refractivity contribution is 5.93. The Hall–Kier alpha value is -2.40. The molecule has 1 saturated heterocycles. The number of aromatic nitrogens is 3. The minimum atomic E-state index is 0.340. The van der Waals surface area contributed by atoms with Crippen molar-refractivity contribution in [2.75, 3.05) is 18.5 Å². The van der Waals surface area contributed by atoms with Crippen LogP contribution in [0.15, 0.2) is 42.6 Å². The van der Waals surface area contributed by atoms with Crippen LogP contribution in [0.4, 0.5) is 5.82 Å². The molecule has 1 atom stereocenters. The topological polar surface area (TPSA) is 62.8 Å². The molecule has 0 spiro atoms. The van der Waals surface area contributed by atoms with Crippen molar-refractivity contribution in [1.82, 2.24) is 15.2 Å². The Morgan fingerprint density at radius 3 is 3.09 bits per heavy atom. The molecule has 1 aliphatic rings. The Balaban J connectivity index is 1.63. The Morgan fingerprint density at radius 1 is 1.23 bits per heavy atom. The molecule has 0 bridgehead atoms. The Kier molecular flexibility index (Phi) is 3.48. The molecule has 112 valence electrons. The number of para-hydroxylation sites is 1. The van der Waals surface area contributed by atoms with E-state index in [2.05, 4.69) is 32.6 Å². The smallest absolute Gasteiger partial charge is 0.126 e. The normalized spacial score (nSPS) is 18.5. The first kappa shape index (κ1) is 13.3. The summed E-state index contributed by atoms with van der Waals surface area (Å²) in [7, 11) is 0. The molecular formula is C17H18N4O. The van der Waals surface area contributed by atoms with Crippen LogP contribution >= 0.6 is 0 Å². The van der Waals surface area contributed by atoms with Crippen molar-refractivity contribution in [1.29, 1.82) is 0 Å². The summed E-state index contributed by atoms with van der Waals surface area (Å²) in [5, 5.41) is 12.1. The fourth-order valence-electron chi connectivity index (χ4n) is 2.90. The summed E-state index contributed by atoms with van der Waals surface area (Å²) in [5.74, 6) is 0.875. The highest BCUT2D eigenvalue weighted by Crippen LogP contribution is 2.27. The fourth-order valence-corrected chi connectivity index (χ4v) is 2.90. The maximum Gasteiger partial charge on any atom is 0.126 e. The lowest BCUT2D eigenvalue weighted by atomic mass is 10.1. The van der Waals surface area contributed by atoms with Crippen molar-refractivity contribution < 1.29 is 4.74 Å². The van der Waals surface area contributed by atoms with Crippen LogP contribution in [0.2, 0.25) is 0 Å². The molecule has 2 N–H and O–H groups in total. The zero-order valence-electron chi connectivity index (χ0n) is 12.2. The average Bonchev–Trinajstić information content (AvgIpc) is 3.00. The number of hydrogen-bond acceptors (Lipinski definition) is 4.